The number of carbonyl (C=O) groups excluding carboxylic acids is 1. The van der Waals surface area contributed by atoms with Gasteiger partial charge in [0.05, 0.1) is 4.90 Å². The first kappa shape index (κ1) is 19.2. The fraction of sp³-hybridized carbons (Fsp3) is 0.238. The number of anilines is 1. The Morgan fingerprint density at radius 2 is 1.93 bits per heavy atom. The predicted molar refractivity (Wildman–Crippen MR) is 112 cm³/mol. The molecule has 0 atom stereocenters. The first-order valence-electron chi connectivity index (χ1n) is 9.31. The van der Waals surface area contributed by atoms with E-state index in [1.807, 2.05) is 32.0 Å². The fourth-order valence-electron chi connectivity index (χ4n) is 3.37. The van der Waals surface area contributed by atoms with Gasteiger partial charge in [0.1, 0.15) is 11.4 Å². The Kier molecular flexibility index (Phi) is 4.87. The van der Waals surface area contributed by atoms with Crippen molar-refractivity contribution in [1.82, 2.24) is 4.72 Å². The van der Waals surface area contributed by atoms with E-state index in [0.717, 1.165) is 22.9 Å². The molecule has 7 nitrogen and oxygen atoms in total. The second-order valence-corrected chi connectivity index (χ2v) is 8.71. The van der Waals surface area contributed by atoms with Gasteiger partial charge in [-0.2, -0.15) is 0 Å². The Morgan fingerprint density at radius 1 is 1.14 bits per heavy atom. The van der Waals surface area contributed by atoms with Crippen molar-refractivity contribution in [2.24, 2.45) is 4.99 Å². The first-order chi connectivity index (χ1) is 13.8. The first-order valence-corrected chi connectivity index (χ1v) is 10.8. The molecule has 1 aliphatic rings. The van der Waals surface area contributed by atoms with Crippen LogP contribution >= 0.6 is 0 Å². The van der Waals surface area contributed by atoms with Gasteiger partial charge in [0.2, 0.25) is 0 Å². The molecule has 0 spiro atoms. The lowest BCUT2D eigenvalue weighted by atomic mass is 10.1. The average Bonchev–Trinajstić information content (AvgIpc) is 3.30. The third kappa shape index (κ3) is 3.75. The lowest BCUT2D eigenvalue weighted by Gasteiger charge is -2.10. The number of carbonyl (C=O) groups is 1. The topological polar surface area (TPSA) is 101 Å². The molecule has 150 valence electrons. The van der Waals surface area contributed by atoms with Crippen LogP contribution in [0.15, 0.2) is 56.8 Å². The van der Waals surface area contributed by atoms with Crippen LogP contribution in [0, 0.1) is 13.8 Å². The smallest absolute Gasteiger partial charge is 0.291 e. The van der Waals surface area contributed by atoms with Gasteiger partial charge in [-0.25, -0.2) is 8.42 Å². The van der Waals surface area contributed by atoms with Crippen LogP contribution in [-0.2, 0) is 10.0 Å². The van der Waals surface area contributed by atoms with E-state index >= 15 is 0 Å². The number of benzene rings is 2. The molecule has 29 heavy (non-hydrogen) atoms. The zero-order valence-electron chi connectivity index (χ0n) is 16.2. The molecular formula is C21H21N3O4S. The Morgan fingerprint density at radius 3 is 2.66 bits per heavy atom. The molecule has 3 aromatic rings. The van der Waals surface area contributed by atoms with Crippen LogP contribution in [-0.4, -0.2) is 26.7 Å². The molecule has 2 N–H and O–H groups in total. The fourth-order valence-corrected chi connectivity index (χ4v) is 4.50. The summed E-state index contributed by atoms with van der Waals surface area (Å²) in [6, 6.07) is 11.8. The highest BCUT2D eigenvalue weighted by Crippen LogP contribution is 2.28. The molecule has 0 saturated carbocycles. The average molecular weight is 411 g/mol. The van der Waals surface area contributed by atoms with E-state index in [9.17, 15) is 13.2 Å². The third-order valence-electron chi connectivity index (χ3n) is 4.90. The van der Waals surface area contributed by atoms with Crippen LogP contribution in [0.25, 0.3) is 11.0 Å². The molecule has 4 rings (SSSR count). The lowest BCUT2D eigenvalue weighted by molar-refractivity contribution is 0.0998. The van der Waals surface area contributed by atoms with Crippen LogP contribution in [0.3, 0.4) is 0 Å². The predicted octanol–water partition coefficient (Wildman–Crippen LogP) is 3.77. The molecule has 1 aliphatic heterocycles. The van der Waals surface area contributed by atoms with Crippen molar-refractivity contribution in [3.8, 4) is 0 Å². The van der Waals surface area contributed by atoms with E-state index in [4.69, 9.17) is 4.42 Å². The number of aliphatic imine (C=N–C) groups is 1. The highest BCUT2D eigenvalue weighted by Gasteiger charge is 2.21. The maximum Gasteiger partial charge on any atom is 0.291 e. The maximum absolute atomic E-state index is 12.8. The van der Waals surface area contributed by atoms with E-state index in [2.05, 4.69) is 15.0 Å². The second kappa shape index (κ2) is 7.36. The van der Waals surface area contributed by atoms with Gasteiger partial charge in [0.15, 0.2) is 5.76 Å². The van der Waals surface area contributed by atoms with E-state index < -0.39 is 15.9 Å². The summed E-state index contributed by atoms with van der Waals surface area (Å²) >= 11 is 0. The number of fused-ring (bicyclic) bond motifs is 1. The Balaban J connectivity index is 1.59. The van der Waals surface area contributed by atoms with Gasteiger partial charge >= 0.3 is 0 Å². The molecule has 8 heteroatoms. The van der Waals surface area contributed by atoms with Crippen molar-refractivity contribution >= 4 is 38.4 Å². The molecule has 1 aromatic heterocycles. The monoisotopic (exact) mass is 411 g/mol. The normalized spacial score (nSPS) is 14.1. The number of hydrogen-bond donors (Lipinski definition) is 2. The number of amides is 1. The second-order valence-electron chi connectivity index (χ2n) is 7.03. The summed E-state index contributed by atoms with van der Waals surface area (Å²) in [5.74, 6) is 0.245. The molecule has 0 aliphatic carbocycles. The summed E-state index contributed by atoms with van der Waals surface area (Å²) < 4.78 is 33.5. The van der Waals surface area contributed by atoms with Gasteiger partial charge in [0.25, 0.3) is 15.9 Å². The summed E-state index contributed by atoms with van der Waals surface area (Å²) in [4.78, 5) is 17.0. The number of rotatable bonds is 4. The summed E-state index contributed by atoms with van der Waals surface area (Å²) in [7, 11) is -3.76. The van der Waals surface area contributed by atoms with E-state index in [-0.39, 0.29) is 10.7 Å². The van der Waals surface area contributed by atoms with Crippen molar-refractivity contribution in [3.05, 3.63) is 59.4 Å². The zero-order chi connectivity index (χ0) is 20.6. The Labute approximate surface area is 168 Å². The number of amidine groups is 1. The molecule has 0 radical (unpaired) electrons. The summed E-state index contributed by atoms with van der Waals surface area (Å²) in [5.41, 5.74) is 2.72. The van der Waals surface area contributed by atoms with Crippen LogP contribution < -0.4 is 10.0 Å². The third-order valence-corrected chi connectivity index (χ3v) is 6.27. The number of nitrogens with zero attached hydrogens (tertiary/aromatic N) is 1. The standard InChI is InChI=1S/C21H21N3O4S/c1-13-6-3-9-17-14(2)20(28-19(13)17)21(25)23-15-7-4-8-16(12-15)29(26,27)24-18-10-5-11-22-18/h3-4,6-9,12H,5,10-11H2,1-2H3,(H,22,24)(H,23,25). The number of hydrogen-bond acceptors (Lipinski definition) is 5. The maximum atomic E-state index is 12.8. The van der Waals surface area contributed by atoms with Gasteiger partial charge in [-0.15, -0.1) is 0 Å². The highest BCUT2D eigenvalue weighted by atomic mass is 32.2. The molecule has 0 bridgehead atoms. The molecule has 2 aromatic carbocycles. The van der Waals surface area contributed by atoms with Crippen molar-refractivity contribution in [2.75, 3.05) is 11.9 Å². The quantitative estimate of drug-likeness (QED) is 0.682. The molecule has 0 saturated heterocycles. The van der Waals surface area contributed by atoms with Crippen LogP contribution in [0.1, 0.15) is 34.5 Å². The van der Waals surface area contributed by atoms with E-state index in [1.54, 1.807) is 12.1 Å². The Bertz CT molecular complexity index is 1240. The van der Waals surface area contributed by atoms with Gasteiger partial charge in [-0.3, -0.25) is 14.5 Å². The molecule has 0 unspecified atom stereocenters. The number of sulfonamides is 1. The van der Waals surface area contributed by atoms with Gasteiger partial charge in [0, 0.05) is 29.6 Å². The van der Waals surface area contributed by atoms with E-state index in [0.29, 0.717) is 30.1 Å². The number of aryl methyl sites for hydroxylation is 2. The van der Waals surface area contributed by atoms with Crippen molar-refractivity contribution in [1.29, 1.82) is 0 Å². The number of nitrogens with one attached hydrogen (secondary N) is 2. The molecule has 2 heterocycles. The highest BCUT2D eigenvalue weighted by molar-refractivity contribution is 7.90. The minimum atomic E-state index is -3.76. The largest absolute Gasteiger partial charge is 0.450 e. The minimum Gasteiger partial charge on any atom is -0.450 e. The molecule has 0 fully saturated rings. The summed E-state index contributed by atoms with van der Waals surface area (Å²) in [6.45, 7) is 4.38. The zero-order valence-corrected chi connectivity index (χ0v) is 17.0. The van der Waals surface area contributed by atoms with Crippen LogP contribution in [0.4, 0.5) is 5.69 Å². The van der Waals surface area contributed by atoms with Gasteiger partial charge in [-0.05, 0) is 44.0 Å². The van der Waals surface area contributed by atoms with E-state index in [1.165, 1.54) is 12.1 Å². The number of furan rings is 1. The van der Waals surface area contributed by atoms with Crippen LogP contribution in [0.5, 0.6) is 0 Å². The SMILES string of the molecule is Cc1c(C(=O)Nc2cccc(S(=O)(=O)NC3=NCCC3)c2)oc2c(C)cccc12. The number of para-hydroxylation sites is 1. The molecule has 1 amide bonds. The summed E-state index contributed by atoms with van der Waals surface area (Å²) in [6.07, 6.45) is 1.45. The van der Waals surface area contributed by atoms with Crippen molar-refractivity contribution in [2.45, 2.75) is 31.6 Å². The van der Waals surface area contributed by atoms with Crippen molar-refractivity contribution < 1.29 is 17.6 Å². The summed E-state index contributed by atoms with van der Waals surface area (Å²) in [5, 5.41) is 3.61. The Hall–Kier alpha value is -3.13. The van der Waals surface area contributed by atoms with Crippen molar-refractivity contribution in [3.63, 3.8) is 0 Å². The van der Waals surface area contributed by atoms with Gasteiger partial charge < -0.3 is 9.73 Å². The minimum absolute atomic E-state index is 0.0575. The van der Waals surface area contributed by atoms with Crippen LogP contribution in [0.2, 0.25) is 0 Å². The van der Waals surface area contributed by atoms with Gasteiger partial charge in [-0.1, -0.05) is 24.3 Å². The molecular weight excluding hydrogens is 390 g/mol. The lowest BCUT2D eigenvalue weighted by Crippen LogP contribution is -2.29.